The van der Waals surface area contributed by atoms with E-state index in [1.807, 2.05) is 72.8 Å². The third kappa shape index (κ3) is 6.30. The predicted molar refractivity (Wildman–Crippen MR) is 142 cm³/mol. The molecule has 7 nitrogen and oxygen atoms in total. The van der Waals surface area contributed by atoms with E-state index >= 15 is 0 Å². The fourth-order valence-electron chi connectivity index (χ4n) is 4.79. The molecule has 3 aromatic carbocycles. The van der Waals surface area contributed by atoms with E-state index in [0.717, 1.165) is 29.5 Å². The standard InChI is InChI=1S/C29H33N5O2/c30-29(31)32-19-9-16-25(27(35)33-24-18-17-20-10-7-8-15-23(20)24)34-28(36)26(21-11-3-1-4-12-21)22-13-5-2-6-14-22/h1-8,10-15,24-26H,9,16-19H2,(H,33,35)(H,34,36)(H4,30,31,32)/t24-,25?/m1/s1. The predicted octanol–water partition coefficient (Wildman–Crippen LogP) is 3.16. The first kappa shape index (κ1) is 25.0. The number of rotatable bonds is 10. The molecule has 0 spiro atoms. The number of guanidine groups is 1. The van der Waals surface area contributed by atoms with Gasteiger partial charge in [-0.2, -0.15) is 0 Å². The van der Waals surface area contributed by atoms with Crippen LogP contribution in [0.15, 0.2) is 89.9 Å². The molecule has 0 aliphatic heterocycles. The fraction of sp³-hybridized carbons (Fsp3) is 0.276. The van der Waals surface area contributed by atoms with E-state index in [1.165, 1.54) is 5.56 Å². The summed E-state index contributed by atoms with van der Waals surface area (Å²) in [6.45, 7) is 0.384. The Kier molecular flexibility index (Phi) is 8.34. The van der Waals surface area contributed by atoms with Gasteiger partial charge in [-0.25, -0.2) is 0 Å². The van der Waals surface area contributed by atoms with Crippen molar-refractivity contribution in [1.29, 1.82) is 0 Å². The molecule has 0 fully saturated rings. The average Bonchev–Trinajstić information content (AvgIpc) is 3.30. The summed E-state index contributed by atoms with van der Waals surface area (Å²) >= 11 is 0. The molecule has 0 saturated heterocycles. The topological polar surface area (TPSA) is 123 Å². The molecular weight excluding hydrogens is 450 g/mol. The summed E-state index contributed by atoms with van der Waals surface area (Å²) in [6, 6.07) is 26.6. The molecule has 1 aliphatic rings. The number of hydrogen-bond acceptors (Lipinski definition) is 3. The highest BCUT2D eigenvalue weighted by atomic mass is 16.2. The van der Waals surface area contributed by atoms with Gasteiger partial charge in [0.25, 0.3) is 0 Å². The van der Waals surface area contributed by atoms with Gasteiger partial charge in [0.05, 0.1) is 12.0 Å². The van der Waals surface area contributed by atoms with Crippen molar-refractivity contribution in [3.63, 3.8) is 0 Å². The molecule has 7 heteroatoms. The molecule has 36 heavy (non-hydrogen) atoms. The van der Waals surface area contributed by atoms with E-state index in [1.54, 1.807) is 0 Å². The van der Waals surface area contributed by atoms with Gasteiger partial charge >= 0.3 is 0 Å². The summed E-state index contributed by atoms with van der Waals surface area (Å²) in [4.78, 5) is 31.2. The SMILES string of the molecule is NC(N)=NCCCC(NC(=O)C(c1ccccc1)c1ccccc1)C(=O)N[C@@H]1CCc2ccccc21. The molecular formula is C29H33N5O2. The Morgan fingerprint density at radius 2 is 1.47 bits per heavy atom. The zero-order valence-electron chi connectivity index (χ0n) is 20.3. The van der Waals surface area contributed by atoms with Crippen LogP contribution in [0.4, 0.5) is 0 Å². The number of nitrogens with one attached hydrogen (secondary N) is 2. The minimum absolute atomic E-state index is 0.0100. The van der Waals surface area contributed by atoms with Crippen LogP contribution in [0, 0.1) is 0 Å². The summed E-state index contributed by atoms with van der Waals surface area (Å²) in [6.07, 6.45) is 2.74. The lowest BCUT2D eigenvalue weighted by Gasteiger charge is -2.25. The third-order valence-electron chi connectivity index (χ3n) is 6.56. The Bertz CT molecular complexity index is 1150. The largest absolute Gasteiger partial charge is 0.370 e. The van der Waals surface area contributed by atoms with Crippen LogP contribution in [0.5, 0.6) is 0 Å². The number of hydrogen-bond donors (Lipinski definition) is 4. The van der Waals surface area contributed by atoms with Crippen molar-refractivity contribution < 1.29 is 9.59 Å². The quantitative estimate of drug-likeness (QED) is 0.201. The molecule has 0 saturated carbocycles. The maximum atomic E-state index is 13.7. The second-order valence-electron chi connectivity index (χ2n) is 9.06. The van der Waals surface area contributed by atoms with E-state index in [2.05, 4.69) is 27.8 Å². The van der Waals surface area contributed by atoms with Gasteiger partial charge in [-0.05, 0) is 47.9 Å². The highest BCUT2D eigenvalue weighted by Crippen LogP contribution is 2.31. The van der Waals surface area contributed by atoms with Crippen LogP contribution in [-0.4, -0.2) is 30.4 Å². The van der Waals surface area contributed by atoms with Crippen LogP contribution in [0.2, 0.25) is 0 Å². The van der Waals surface area contributed by atoms with E-state index in [9.17, 15) is 9.59 Å². The number of carbonyl (C=O) groups excluding carboxylic acids is 2. The minimum atomic E-state index is -0.714. The number of amides is 2. The van der Waals surface area contributed by atoms with Crippen molar-refractivity contribution in [1.82, 2.24) is 10.6 Å². The van der Waals surface area contributed by atoms with Crippen molar-refractivity contribution in [3.8, 4) is 0 Å². The Labute approximate surface area is 212 Å². The van der Waals surface area contributed by atoms with Crippen molar-refractivity contribution in [2.75, 3.05) is 6.54 Å². The maximum absolute atomic E-state index is 13.7. The van der Waals surface area contributed by atoms with Crippen LogP contribution in [-0.2, 0) is 16.0 Å². The molecule has 2 atom stereocenters. The first-order chi connectivity index (χ1) is 17.5. The number of aryl methyl sites for hydroxylation is 1. The highest BCUT2D eigenvalue weighted by Gasteiger charge is 2.30. The molecule has 1 aliphatic carbocycles. The second-order valence-corrected chi connectivity index (χ2v) is 9.06. The van der Waals surface area contributed by atoms with Gasteiger partial charge in [0, 0.05) is 6.54 Å². The maximum Gasteiger partial charge on any atom is 0.243 e. The third-order valence-corrected chi connectivity index (χ3v) is 6.56. The van der Waals surface area contributed by atoms with Crippen molar-refractivity contribution in [2.45, 2.75) is 43.7 Å². The van der Waals surface area contributed by atoms with Crippen LogP contribution in [0.25, 0.3) is 0 Å². The molecule has 4 rings (SSSR count). The zero-order valence-corrected chi connectivity index (χ0v) is 20.3. The molecule has 0 aromatic heterocycles. The Hall–Kier alpha value is -4.13. The Balaban J connectivity index is 1.53. The van der Waals surface area contributed by atoms with Crippen LogP contribution < -0.4 is 22.1 Å². The van der Waals surface area contributed by atoms with Crippen molar-refractivity contribution in [3.05, 3.63) is 107 Å². The molecule has 3 aromatic rings. The lowest BCUT2D eigenvalue weighted by Crippen LogP contribution is -2.49. The van der Waals surface area contributed by atoms with Gasteiger partial charge in [-0.3, -0.25) is 14.6 Å². The average molecular weight is 484 g/mol. The van der Waals surface area contributed by atoms with Gasteiger partial charge in [0.15, 0.2) is 5.96 Å². The summed E-state index contributed by atoms with van der Waals surface area (Å²) in [5.74, 6) is -0.945. The smallest absolute Gasteiger partial charge is 0.243 e. The number of carbonyl (C=O) groups is 2. The monoisotopic (exact) mass is 483 g/mol. The second kappa shape index (κ2) is 12.0. The Morgan fingerprint density at radius 1 is 0.861 bits per heavy atom. The molecule has 0 radical (unpaired) electrons. The van der Waals surface area contributed by atoms with E-state index < -0.39 is 12.0 Å². The van der Waals surface area contributed by atoms with E-state index in [4.69, 9.17) is 11.5 Å². The van der Waals surface area contributed by atoms with Crippen molar-refractivity contribution in [2.24, 2.45) is 16.5 Å². The Morgan fingerprint density at radius 3 is 2.11 bits per heavy atom. The molecule has 2 amide bonds. The van der Waals surface area contributed by atoms with Crippen molar-refractivity contribution >= 4 is 17.8 Å². The lowest BCUT2D eigenvalue weighted by molar-refractivity contribution is -0.130. The molecule has 0 bridgehead atoms. The molecule has 0 heterocycles. The normalized spacial score (nSPS) is 15.1. The molecule has 1 unspecified atom stereocenters. The number of nitrogens with zero attached hydrogens (tertiary/aromatic N) is 1. The summed E-state index contributed by atoms with van der Waals surface area (Å²) in [5, 5.41) is 6.21. The number of aliphatic imine (C=N–C) groups is 1. The minimum Gasteiger partial charge on any atom is -0.370 e. The van der Waals surface area contributed by atoms with Crippen LogP contribution >= 0.6 is 0 Å². The highest BCUT2D eigenvalue weighted by molar-refractivity contribution is 5.92. The van der Waals surface area contributed by atoms with Crippen LogP contribution in [0.1, 0.15) is 53.5 Å². The number of nitrogens with two attached hydrogens (primary N) is 2. The summed E-state index contributed by atoms with van der Waals surface area (Å²) in [7, 11) is 0. The summed E-state index contributed by atoms with van der Waals surface area (Å²) < 4.78 is 0. The fourth-order valence-corrected chi connectivity index (χ4v) is 4.79. The molecule has 6 N–H and O–H groups in total. The van der Waals surface area contributed by atoms with E-state index in [-0.39, 0.29) is 23.8 Å². The number of benzene rings is 3. The summed E-state index contributed by atoms with van der Waals surface area (Å²) in [5.41, 5.74) is 15.0. The van der Waals surface area contributed by atoms with Gasteiger partial charge in [0.1, 0.15) is 6.04 Å². The lowest BCUT2D eigenvalue weighted by atomic mass is 9.90. The first-order valence-corrected chi connectivity index (χ1v) is 12.4. The van der Waals surface area contributed by atoms with Gasteiger partial charge in [-0.15, -0.1) is 0 Å². The van der Waals surface area contributed by atoms with Gasteiger partial charge < -0.3 is 22.1 Å². The van der Waals surface area contributed by atoms with Gasteiger partial charge in [-0.1, -0.05) is 84.9 Å². The first-order valence-electron chi connectivity index (χ1n) is 12.4. The van der Waals surface area contributed by atoms with E-state index in [0.29, 0.717) is 19.4 Å². The van der Waals surface area contributed by atoms with Gasteiger partial charge in [0.2, 0.25) is 11.8 Å². The number of fused-ring (bicyclic) bond motifs is 1. The van der Waals surface area contributed by atoms with Crippen LogP contribution in [0.3, 0.4) is 0 Å². The molecule has 186 valence electrons. The zero-order chi connectivity index (χ0) is 25.3.